The van der Waals surface area contributed by atoms with Crippen LogP contribution >= 0.6 is 0 Å². The number of nitrogens with zero attached hydrogens (tertiary/aromatic N) is 6. The van der Waals surface area contributed by atoms with Gasteiger partial charge in [-0.2, -0.15) is 0 Å². The van der Waals surface area contributed by atoms with Crippen LogP contribution in [0, 0.1) is 0 Å². The van der Waals surface area contributed by atoms with E-state index in [0.29, 0.717) is 11.8 Å². The highest BCUT2D eigenvalue weighted by Gasteiger charge is 2.21. The lowest BCUT2D eigenvalue weighted by Crippen LogP contribution is -2.01. The largest absolute Gasteiger partial charge is 0.457 e. The third-order valence-electron chi connectivity index (χ3n) is 9.40. The number of rotatable bonds is 5. The van der Waals surface area contributed by atoms with Crippen LogP contribution in [0.25, 0.3) is 65.9 Å². The zero-order valence-corrected chi connectivity index (χ0v) is 26.6. The molecule has 0 spiro atoms. The van der Waals surface area contributed by atoms with Crippen molar-refractivity contribution >= 4 is 54.8 Å². The first-order chi connectivity index (χ1) is 23.0. The summed E-state index contributed by atoms with van der Waals surface area (Å²) >= 11 is 0. The van der Waals surface area contributed by atoms with Gasteiger partial charge >= 0.3 is 0 Å². The zero-order chi connectivity index (χ0) is 31.8. The second-order valence-corrected chi connectivity index (χ2v) is 12.8. The van der Waals surface area contributed by atoms with Crippen LogP contribution in [0.4, 0.5) is 0 Å². The SMILES string of the molecule is CC(C)c1cccc(C(C)C)c1-c1cccc2c1c1ccc(Oc3ccc4c5cncnc5n5ccnc5c4c3)cc1c1nccn21. The van der Waals surface area contributed by atoms with Gasteiger partial charge in [0.05, 0.1) is 5.52 Å². The number of aromatic nitrogens is 6. The molecule has 0 aliphatic rings. The van der Waals surface area contributed by atoms with Gasteiger partial charge in [0.25, 0.3) is 0 Å². The van der Waals surface area contributed by atoms with E-state index in [1.165, 1.54) is 27.6 Å². The fraction of sp³-hybridized carbons (Fsp3) is 0.150. The second kappa shape index (κ2) is 10.4. The molecule has 0 atom stereocenters. The number of pyridine rings is 2. The molecule has 0 bridgehead atoms. The first-order valence-corrected chi connectivity index (χ1v) is 16.1. The molecule has 0 radical (unpaired) electrons. The van der Waals surface area contributed by atoms with Gasteiger partial charge in [0.2, 0.25) is 0 Å². The van der Waals surface area contributed by atoms with Crippen LogP contribution in [-0.2, 0) is 0 Å². The van der Waals surface area contributed by atoms with Crippen molar-refractivity contribution in [1.29, 1.82) is 0 Å². The van der Waals surface area contributed by atoms with Crippen molar-refractivity contribution in [2.75, 3.05) is 0 Å². The third kappa shape index (κ3) is 4.12. The van der Waals surface area contributed by atoms with Crippen LogP contribution in [0.2, 0.25) is 0 Å². The van der Waals surface area contributed by atoms with Crippen LogP contribution in [0.15, 0.2) is 110 Å². The topological polar surface area (TPSA) is 69.6 Å². The van der Waals surface area contributed by atoms with Gasteiger partial charge in [-0.25, -0.2) is 19.9 Å². The molecule has 0 N–H and O–H groups in total. The Hall–Kier alpha value is -5.82. The van der Waals surface area contributed by atoms with Gasteiger partial charge in [-0.15, -0.1) is 0 Å². The van der Waals surface area contributed by atoms with E-state index in [-0.39, 0.29) is 0 Å². The summed E-state index contributed by atoms with van der Waals surface area (Å²) in [6.07, 6.45) is 11.1. The van der Waals surface area contributed by atoms with E-state index in [1.807, 2.05) is 35.1 Å². The molecule has 9 rings (SSSR count). The molecule has 9 aromatic rings. The van der Waals surface area contributed by atoms with Gasteiger partial charge < -0.3 is 4.74 Å². The van der Waals surface area contributed by atoms with E-state index in [9.17, 15) is 0 Å². The maximum Gasteiger partial charge on any atom is 0.149 e. The van der Waals surface area contributed by atoms with Crippen LogP contribution in [-0.4, -0.2) is 28.7 Å². The molecule has 0 aliphatic carbocycles. The smallest absolute Gasteiger partial charge is 0.149 e. The lowest BCUT2D eigenvalue weighted by Gasteiger charge is -2.22. The summed E-state index contributed by atoms with van der Waals surface area (Å²) in [7, 11) is 0. The quantitative estimate of drug-likeness (QED) is 0.181. The highest BCUT2D eigenvalue weighted by Crippen LogP contribution is 2.43. The molecular weight excluding hydrogens is 580 g/mol. The summed E-state index contributed by atoms with van der Waals surface area (Å²) in [5.74, 6) is 2.24. The van der Waals surface area contributed by atoms with E-state index in [4.69, 9.17) is 9.72 Å². The first-order valence-electron chi connectivity index (χ1n) is 16.1. The van der Waals surface area contributed by atoms with Crippen molar-refractivity contribution in [3.8, 4) is 22.6 Å². The summed E-state index contributed by atoms with van der Waals surface area (Å²) in [4.78, 5) is 18.3. The maximum absolute atomic E-state index is 6.58. The average molecular weight is 613 g/mol. The molecule has 0 saturated heterocycles. The molecule has 0 aliphatic heterocycles. The molecule has 5 heterocycles. The number of imidazole rings is 2. The van der Waals surface area contributed by atoms with E-state index in [2.05, 4.69) is 114 Å². The lowest BCUT2D eigenvalue weighted by molar-refractivity contribution is 0.484. The van der Waals surface area contributed by atoms with Gasteiger partial charge in [0.15, 0.2) is 0 Å². The van der Waals surface area contributed by atoms with Crippen LogP contribution in [0.3, 0.4) is 0 Å². The molecule has 47 heavy (non-hydrogen) atoms. The Morgan fingerprint density at radius 1 is 0.596 bits per heavy atom. The van der Waals surface area contributed by atoms with Crippen LogP contribution in [0.1, 0.15) is 50.7 Å². The molecule has 5 aromatic heterocycles. The van der Waals surface area contributed by atoms with E-state index < -0.39 is 0 Å². The van der Waals surface area contributed by atoms with Crippen molar-refractivity contribution in [3.63, 3.8) is 0 Å². The molecule has 4 aromatic carbocycles. The van der Waals surface area contributed by atoms with Gasteiger partial charge in [-0.3, -0.25) is 8.80 Å². The lowest BCUT2D eigenvalue weighted by atomic mass is 9.83. The van der Waals surface area contributed by atoms with Crippen molar-refractivity contribution in [3.05, 3.63) is 121 Å². The monoisotopic (exact) mass is 612 g/mol. The Morgan fingerprint density at radius 2 is 1.21 bits per heavy atom. The van der Waals surface area contributed by atoms with Gasteiger partial charge in [0, 0.05) is 52.5 Å². The van der Waals surface area contributed by atoms with E-state index in [0.717, 1.165) is 60.9 Å². The Balaban J connectivity index is 1.25. The van der Waals surface area contributed by atoms with E-state index in [1.54, 1.807) is 12.5 Å². The summed E-state index contributed by atoms with van der Waals surface area (Å²) in [5, 5.41) is 6.39. The van der Waals surface area contributed by atoms with Crippen LogP contribution in [0.5, 0.6) is 11.5 Å². The predicted octanol–water partition coefficient (Wildman–Crippen LogP) is 10.1. The maximum atomic E-state index is 6.58. The first kappa shape index (κ1) is 27.5. The summed E-state index contributed by atoms with van der Waals surface area (Å²) < 4.78 is 10.8. The summed E-state index contributed by atoms with van der Waals surface area (Å²) in [5.41, 5.74) is 9.02. The number of fused-ring (bicyclic) bond motifs is 12. The van der Waals surface area contributed by atoms with Gasteiger partial charge in [0.1, 0.15) is 34.8 Å². The number of ether oxygens (including phenoxy) is 1. The fourth-order valence-electron chi connectivity index (χ4n) is 7.30. The van der Waals surface area contributed by atoms with Crippen molar-refractivity contribution < 1.29 is 4.74 Å². The number of hydrogen-bond donors (Lipinski definition) is 0. The highest BCUT2D eigenvalue weighted by atomic mass is 16.5. The Labute approximate surface area is 271 Å². The van der Waals surface area contributed by atoms with Crippen molar-refractivity contribution in [2.45, 2.75) is 39.5 Å². The Morgan fingerprint density at radius 3 is 1.94 bits per heavy atom. The summed E-state index contributed by atoms with van der Waals surface area (Å²) in [6.45, 7) is 9.13. The molecular formula is C40H32N6O. The molecule has 0 saturated carbocycles. The minimum absolute atomic E-state index is 0.387. The molecule has 0 unspecified atom stereocenters. The Bertz CT molecular complexity index is 2660. The molecule has 0 fully saturated rings. The summed E-state index contributed by atoms with van der Waals surface area (Å²) in [6, 6.07) is 25.9. The van der Waals surface area contributed by atoms with Gasteiger partial charge in [-0.1, -0.05) is 58.0 Å². The average Bonchev–Trinajstić information content (AvgIpc) is 3.79. The molecule has 7 heteroatoms. The number of benzene rings is 4. The van der Waals surface area contributed by atoms with Crippen molar-refractivity contribution in [2.24, 2.45) is 0 Å². The van der Waals surface area contributed by atoms with Gasteiger partial charge in [-0.05, 0) is 87.3 Å². The normalized spacial score (nSPS) is 12.2. The second-order valence-electron chi connectivity index (χ2n) is 12.8. The van der Waals surface area contributed by atoms with Crippen LogP contribution < -0.4 is 4.74 Å². The molecule has 228 valence electrons. The standard InChI is InChI=1S/C40H32N6O/c1-23(2)27-7-5-8-28(24(3)4)36(27)31-9-6-10-35-37(31)30-14-12-26(20-33(30)38-42-15-17-45(35)38)47-25-11-13-29-32(19-25)39-43-16-18-46(39)40-34(29)21-41-22-44-40/h5-24H,1-4H3. The number of hydrogen-bond acceptors (Lipinski definition) is 5. The minimum atomic E-state index is 0.387. The Kier molecular flexibility index (Phi) is 6.06. The molecule has 7 nitrogen and oxygen atoms in total. The fourth-order valence-corrected chi connectivity index (χ4v) is 7.30. The van der Waals surface area contributed by atoms with Crippen molar-refractivity contribution in [1.82, 2.24) is 28.7 Å². The third-order valence-corrected chi connectivity index (χ3v) is 9.40. The predicted molar refractivity (Wildman–Crippen MR) is 190 cm³/mol. The molecule has 0 amide bonds. The minimum Gasteiger partial charge on any atom is -0.457 e. The zero-order valence-electron chi connectivity index (χ0n) is 26.6. The highest BCUT2D eigenvalue weighted by molar-refractivity contribution is 6.18. The van der Waals surface area contributed by atoms with E-state index >= 15 is 0 Å².